The topological polar surface area (TPSA) is 231 Å². The average molecular weight is 739 g/mol. The van der Waals surface area contributed by atoms with Crippen molar-refractivity contribution in [2.24, 2.45) is 0 Å². The second-order valence-corrected chi connectivity index (χ2v) is 13.8. The monoisotopic (exact) mass is 738 g/mol. The van der Waals surface area contributed by atoms with Crippen molar-refractivity contribution in [1.82, 2.24) is 0 Å². The van der Waals surface area contributed by atoms with Gasteiger partial charge in [0.2, 0.25) is 0 Å². The minimum atomic E-state index is -1.75. The average Bonchev–Trinajstić information content (AvgIpc) is 3.12. The minimum Gasteiger partial charge on any atom is -0.462 e. The number of unbranched alkanes of at least 4 members (excludes halogenated alkanes) is 13. The Morgan fingerprint density at radius 1 is 0.549 bits per heavy atom. The van der Waals surface area contributed by atoms with Gasteiger partial charge >= 0.3 is 11.9 Å². The van der Waals surface area contributed by atoms with Crippen LogP contribution in [0.25, 0.3) is 0 Å². The normalized spacial score (nSPS) is 30.2. The Kier molecular flexibility index (Phi) is 23.5. The molecule has 7 N–H and O–H groups in total. The molecular formula is C36H66O15. The van der Waals surface area contributed by atoms with E-state index >= 15 is 0 Å². The summed E-state index contributed by atoms with van der Waals surface area (Å²) in [4.78, 5) is 25.2. The highest BCUT2D eigenvalue weighted by Crippen LogP contribution is 2.26. The Morgan fingerprint density at radius 3 is 1.53 bits per heavy atom. The van der Waals surface area contributed by atoms with Crippen LogP contribution in [0.1, 0.15) is 123 Å². The van der Waals surface area contributed by atoms with Crippen LogP contribution >= 0.6 is 0 Å². The molecule has 0 amide bonds. The first kappa shape index (κ1) is 45.7. The lowest BCUT2D eigenvalue weighted by Gasteiger charge is -2.42. The molecule has 15 nitrogen and oxygen atoms in total. The Morgan fingerprint density at radius 2 is 1.00 bits per heavy atom. The largest absolute Gasteiger partial charge is 0.462 e. The molecule has 0 aromatic heterocycles. The number of carbonyl (C=O) groups excluding carboxylic acids is 2. The van der Waals surface area contributed by atoms with E-state index in [4.69, 9.17) is 28.4 Å². The number of esters is 2. The number of rotatable bonds is 27. The number of ether oxygens (including phenoxy) is 6. The fourth-order valence-electron chi connectivity index (χ4n) is 6.04. The first-order valence-electron chi connectivity index (χ1n) is 19.1. The number of carbonyl (C=O) groups is 2. The fraction of sp³-hybridized carbons (Fsp3) is 0.944. The summed E-state index contributed by atoms with van der Waals surface area (Å²) in [5.74, 6) is -0.937. The molecule has 11 unspecified atom stereocenters. The molecule has 0 radical (unpaired) electrons. The maximum atomic E-state index is 12.7. The molecule has 0 saturated carbocycles. The molecule has 2 fully saturated rings. The summed E-state index contributed by atoms with van der Waals surface area (Å²) in [6.45, 7) is 2.45. The number of hydrogen-bond acceptors (Lipinski definition) is 15. The zero-order chi connectivity index (χ0) is 37.6. The lowest BCUT2D eigenvalue weighted by molar-refractivity contribution is -0.332. The molecular weight excluding hydrogens is 672 g/mol. The van der Waals surface area contributed by atoms with Gasteiger partial charge in [-0.05, 0) is 12.8 Å². The van der Waals surface area contributed by atoms with Gasteiger partial charge in [0.25, 0.3) is 0 Å². The van der Waals surface area contributed by atoms with Gasteiger partial charge in [0.05, 0.1) is 19.8 Å². The summed E-state index contributed by atoms with van der Waals surface area (Å²) in [6, 6.07) is 0. The van der Waals surface area contributed by atoms with E-state index in [2.05, 4.69) is 13.8 Å². The summed E-state index contributed by atoms with van der Waals surface area (Å²) in [5.41, 5.74) is 0. The van der Waals surface area contributed by atoms with Crippen LogP contribution in [0.4, 0.5) is 0 Å². The van der Waals surface area contributed by atoms with Crippen molar-refractivity contribution in [3.05, 3.63) is 0 Å². The van der Waals surface area contributed by atoms with Gasteiger partial charge in [-0.25, -0.2) is 0 Å². The van der Waals surface area contributed by atoms with Crippen molar-refractivity contribution in [2.45, 2.75) is 191 Å². The zero-order valence-electron chi connectivity index (χ0n) is 30.6. The maximum absolute atomic E-state index is 12.7. The van der Waals surface area contributed by atoms with Gasteiger partial charge in [-0.1, -0.05) is 97.3 Å². The van der Waals surface area contributed by atoms with Gasteiger partial charge in [0, 0.05) is 12.8 Å². The molecule has 0 bridgehead atoms. The highest BCUT2D eigenvalue weighted by molar-refractivity contribution is 5.70. The molecule has 11 atom stereocenters. The van der Waals surface area contributed by atoms with Crippen molar-refractivity contribution in [3.63, 3.8) is 0 Å². The van der Waals surface area contributed by atoms with E-state index in [-0.39, 0.29) is 26.1 Å². The molecule has 300 valence electrons. The quantitative estimate of drug-likeness (QED) is 0.0470. The molecule has 0 aliphatic carbocycles. The van der Waals surface area contributed by atoms with E-state index in [0.29, 0.717) is 12.8 Å². The van der Waals surface area contributed by atoms with E-state index in [1.54, 1.807) is 0 Å². The van der Waals surface area contributed by atoms with Crippen LogP contribution in [0.3, 0.4) is 0 Å². The zero-order valence-corrected chi connectivity index (χ0v) is 30.6. The van der Waals surface area contributed by atoms with Crippen molar-refractivity contribution >= 4 is 11.9 Å². The van der Waals surface area contributed by atoms with Crippen LogP contribution < -0.4 is 0 Å². The lowest BCUT2D eigenvalue weighted by Crippen LogP contribution is -2.61. The second-order valence-electron chi connectivity index (χ2n) is 13.8. The van der Waals surface area contributed by atoms with E-state index in [1.807, 2.05) is 0 Å². The van der Waals surface area contributed by atoms with Crippen LogP contribution in [-0.4, -0.2) is 142 Å². The van der Waals surface area contributed by atoms with Crippen LogP contribution in [0.2, 0.25) is 0 Å². The van der Waals surface area contributed by atoms with Crippen LogP contribution in [0.15, 0.2) is 0 Å². The van der Waals surface area contributed by atoms with Gasteiger partial charge in [-0.3, -0.25) is 9.59 Å². The van der Waals surface area contributed by atoms with Crippen LogP contribution in [-0.2, 0) is 38.0 Å². The second kappa shape index (κ2) is 26.3. The van der Waals surface area contributed by atoms with Crippen molar-refractivity contribution in [2.75, 3.05) is 26.4 Å². The summed E-state index contributed by atoms with van der Waals surface area (Å²) in [5, 5.41) is 71.3. The Hall–Kier alpha value is -1.50. The highest BCUT2D eigenvalue weighted by atomic mass is 16.7. The third-order valence-electron chi connectivity index (χ3n) is 9.34. The fourth-order valence-corrected chi connectivity index (χ4v) is 6.04. The van der Waals surface area contributed by atoms with E-state index in [9.17, 15) is 45.3 Å². The van der Waals surface area contributed by atoms with Crippen molar-refractivity contribution in [1.29, 1.82) is 0 Å². The smallest absolute Gasteiger partial charge is 0.306 e. The number of aliphatic hydroxyl groups excluding tert-OH is 7. The number of hydrogen-bond donors (Lipinski definition) is 7. The molecule has 2 rings (SSSR count). The Bertz CT molecular complexity index is 923. The molecule has 2 aliphatic heterocycles. The molecule has 2 aliphatic rings. The first-order chi connectivity index (χ1) is 24.5. The predicted octanol–water partition coefficient (Wildman–Crippen LogP) is 1.75. The SMILES string of the molecule is CCCCCCCCCCCC(=O)OC(COC(=O)CCCCCCCC)COC1OC(COC2OC(CO)C(O)C(O)C2O)C(O)C(O)C1O. The number of aliphatic hydroxyl groups is 7. The molecule has 0 aromatic rings. The molecule has 0 spiro atoms. The summed E-state index contributed by atoms with van der Waals surface area (Å²) < 4.78 is 33.1. The third-order valence-corrected chi connectivity index (χ3v) is 9.34. The van der Waals surface area contributed by atoms with Gasteiger partial charge < -0.3 is 64.2 Å². The molecule has 51 heavy (non-hydrogen) atoms. The maximum Gasteiger partial charge on any atom is 0.306 e. The van der Waals surface area contributed by atoms with Gasteiger partial charge in [0.15, 0.2) is 18.7 Å². The molecule has 0 aromatic carbocycles. The third kappa shape index (κ3) is 17.0. The van der Waals surface area contributed by atoms with E-state index in [0.717, 1.165) is 51.4 Å². The van der Waals surface area contributed by atoms with Crippen LogP contribution in [0, 0.1) is 0 Å². The first-order valence-corrected chi connectivity index (χ1v) is 19.1. The Labute approximate surface area is 302 Å². The summed E-state index contributed by atoms with van der Waals surface area (Å²) >= 11 is 0. The summed E-state index contributed by atoms with van der Waals surface area (Å²) in [7, 11) is 0. The minimum absolute atomic E-state index is 0.170. The van der Waals surface area contributed by atoms with E-state index in [1.165, 1.54) is 32.1 Å². The standard InChI is InChI=1S/C36H66O15/c1-3-5-7-9-11-12-13-15-17-19-28(39)49-24(21-46-27(38)18-16-14-10-8-6-4-2)22-47-35-34(45)32(43)30(41)26(51-35)23-48-36-33(44)31(42)29(40)25(20-37)50-36/h24-26,29-37,40-45H,3-23H2,1-2H3. The highest BCUT2D eigenvalue weighted by Gasteiger charge is 2.47. The van der Waals surface area contributed by atoms with Crippen LogP contribution in [0.5, 0.6) is 0 Å². The lowest BCUT2D eigenvalue weighted by atomic mass is 9.98. The van der Waals surface area contributed by atoms with Crippen molar-refractivity contribution < 1.29 is 73.8 Å². The van der Waals surface area contributed by atoms with Crippen molar-refractivity contribution in [3.8, 4) is 0 Å². The molecule has 2 heterocycles. The predicted molar refractivity (Wildman–Crippen MR) is 183 cm³/mol. The van der Waals surface area contributed by atoms with Gasteiger partial charge in [-0.2, -0.15) is 0 Å². The van der Waals surface area contributed by atoms with Gasteiger partial charge in [-0.15, -0.1) is 0 Å². The molecule has 15 heteroatoms. The summed E-state index contributed by atoms with van der Waals surface area (Å²) in [6.07, 6.45) is -0.670. The van der Waals surface area contributed by atoms with Gasteiger partial charge in [0.1, 0.15) is 55.4 Å². The van der Waals surface area contributed by atoms with E-state index < -0.39 is 92.7 Å². The molecule has 2 saturated heterocycles. The Balaban J connectivity index is 1.92.